The molecule has 6 rings (SSSR count). The van der Waals surface area contributed by atoms with Crippen LogP contribution in [0.4, 0.5) is 0 Å². The van der Waals surface area contributed by atoms with Gasteiger partial charge in [-0.2, -0.15) is 0 Å². The first-order chi connectivity index (χ1) is 18.6. The van der Waals surface area contributed by atoms with Gasteiger partial charge in [0.05, 0.1) is 11.7 Å². The fourth-order valence-electron chi connectivity index (χ4n) is 7.55. The van der Waals surface area contributed by atoms with E-state index in [-0.39, 0.29) is 28.3 Å². The van der Waals surface area contributed by atoms with Gasteiger partial charge in [0, 0.05) is 22.5 Å². The molecule has 0 radical (unpaired) electrons. The molecule has 1 spiro atoms. The Balaban J connectivity index is 1.56. The Morgan fingerprint density at radius 1 is 0.950 bits per heavy atom. The molecule has 4 aliphatic rings. The van der Waals surface area contributed by atoms with E-state index in [0.717, 1.165) is 25.7 Å². The second-order valence-corrected chi connectivity index (χ2v) is 21.4. The molecule has 2 saturated carbocycles. The van der Waals surface area contributed by atoms with E-state index in [1.54, 1.807) is 0 Å². The van der Waals surface area contributed by atoms with Crippen molar-refractivity contribution in [1.29, 1.82) is 0 Å². The number of benzene rings is 1. The SMILES string of the molecule is CC(C)c1nc2c(c3c1[C@@H](c1ccc(C4(C)CC4)cc1)OC31CCCC1)C(O[Si](C)(C)C(C)(C)C)CC(C)(C)C2. The standard InChI is InChI=1S/C36H53NO2Si/c1-23(2)31-29-30(28-26(37-31)21-34(6,7)22-27(28)39-40(9,10)33(3,4)5)36(17-11-12-18-36)38-32(29)24-13-15-25(16-14-24)35(8)19-20-35/h13-16,23,27,32H,11-12,17-22H2,1-10H3/t27?,32-/m1/s1. The van der Waals surface area contributed by atoms with Crippen LogP contribution in [0, 0.1) is 5.41 Å². The summed E-state index contributed by atoms with van der Waals surface area (Å²) < 4.78 is 14.8. The van der Waals surface area contributed by atoms with Crippen molar-refractivity contribution in [3.05, 3.63) is 63.5 Å². The van der Waals surface area contributed by atoms with Gasteiger partial charge in [-0.05, 0) is 90.1 Å². The summed E-state index contributed by atoms with van der Waals surface area (Å²) in [6.07, 6.45) is 9.39. The molecule has 40 heavy (non-hydrogen) atoms. The highest BCUT2D eigenvalue weighted by Crippen LogP contribution is 2.60. The Morgan fingerprint density at radius 2 is 1.57 bits per heavy atom. The van der Waals surface area contributed by atoms with Crippen molar-refractivity contribution in [1.82, 2.24) is 4.98 Å². The summed E-state index contributed by atoms with van der Waals surface area (Å²) in [5.41, 5.74) is 9.91. The lowest BCUT2D eigenvalue weighted by molar-refractivity contribution is -0.0579. The molecule has 2 aromatic rings. The summed E-state index contributed by atoms with van der Waals surface area (Å²) in [5.74, 6) is 0.344. The average molecular weight is 560 g/mol. The van der Waals surface area contributed by atoms with Gasteiger partial charge in [0.1, 0.15) is 6.10 Å². The third kappa shape index (κ3) is 4.65. The topological polar surface area (TPSA) is 31.4 Å². The highest BCUT2D eigenvalue weighted by molar-refractivity contribution is 6.74. The first-order valence-electron chi connectivity index (χ1n) is 16.1. The summed E-state index contributed by atoms with van der Waals surface area (Å²) in [7, 11) is -2.01. The van der Waals surface area contributed by atoms with Crippen LogP contribution in [0.15, 0.2) is 24.3 Å². The molecule has 0 N–H and O–H groups in total. The first-order valence-corrected chi connectivity index (χ1v) is 19.0. The first kappa shape index (κ1) is 28.6. The molecule has 1 aromatic carbocycles. The maximum Gasteiger partial charge on any atom is 0.192 e. The van der Waals surface area contributed by atoms with E-state index in [1.165, 1.54) is 64.9 Å². The minimum atomic E-state index is -2.01. The molecule has 1 aromatic heterocycles. The summed E-state index contributed by atoms with van der Waals surface area (Å²) in [6.45, 7) is 23.8. The van der Waals surface area contributed by atoms with Crippen molar-refractivity contribution in [2.24, 2.45) is 5.41 Å². The molecule has 2 fully saturated rings. The number of hydrogen-bond acceptors (Lipinski definition) is 3. The lowest BCUT2D eigenvalue weighted by Crippen LogP contribution is -2.44. The van der Waals surface area contributed by atoms with Crippen molar-refractivity contribution in [2.75, 3.05) is 0 Å². The van der Waals surface area contributed by atoms with E-state index < -0.39 is 8.32 Å². The average Bonchev–Trinajstić information content (AvgIpc) is 3.29. The number of ether oxygens (including phenoxy) is 1. The van der Waals surface area contributed by atoms with Gasteiger partial charge in [-0.1, -0.05) is 92.5 Å². The number of aromatic nitrogens is 1. The van der Waals surface area contributed by atoms with Crippen LogP contribution in [-0.2, 0) is 26.6 Å². The summed E-state index contributed by atoms with van der Waals surface area (Å²) in [4.78, 5) is 5.58. The second kappa shape index (κ2) is 9.25. The van der Waals surface area contributed by atoms with Crippen LogP contribution in [0.3, 0.4) is 0 Å². The van der Waals surface area contributed by atoms with Crippen molar-refractivity contribution < 1.29 is 9.16 Å². The third-order valence-electron chi connectivity index (χ3n) is 11.3. The van der Waals surface area contributed by atoms with Crippen LogP contribution < -0.4 is 0 Å². The Kier molecular flexibility index (Phi) is 6.62. The Labute approximate surface area is 245 Å². The largest absolute Gasteiger partial charge is 0.410 e. The van der Waals surface area contributed by atoms with E-state index in [2.05, 4.69) is 92.7 Å². The Hall–Kier alpha value is -1.49. The predicted octanol–water partition coefficient (Wildman–Crippen LogP) is 10.2. The van der Waals surface area contributed by atoms with Gasteiger partial charge in [-0.25, -0.2) is 0 Å². The summed E-state index contributed by atoms with van der Waals surface area (Å²) >= 11 is 0. The van der Waals surface area contributed by atoms with Crippen LogP contribution in [0.5, 0.6) is 0 Å². The number of nitrogens with zero attached hydrogens (tertiary/aromatic N) is 1. The molecule has 2 heterocycles. The van der Waals surface area contributed by atoms with Crippen molar-refractivity contribution in [3.63, 3.8) is 0 Å². The van der Waals surface area contributed by atoms with Gasteiger partial charge in [0.2, 0.25) is 0 Å². The van der Waals surface area contributed by atoms with E-state index in [1.807, 2.05) is 0 Å². The van der Waals surface area contributed by atoms with E-state index >= 15 is 0 Å². The van der Waals surface area contributed by atoms with Crippen LogP contribution in [-0.4, -0.2) is 13.3 Å². The molecule has 2 atom stereocenters. The Bertz CT molecular complexity index is 1290. The Morgan fingerprint density at radius 3 is 2.12 bits per heavy atom. The van der Waals surface area contributed by atoms with E-state index in [4.69, 9.17) is 14.1 Å². The second-order valence-electron chi connectivity index (χ2n) is 16.6. The zero-order valence-electron chi connectivity index (χ0n) is 27.0. The summed E-state index contributed by atoms with van der Waals surface area (Å²) in [6, 6.07) is 9.46. The minimum absolute atomic E-state index is 0.0483. The number of pyridine rings is 1. The zero-order chi connectivity index (χ0) is 28.9. The van der Waals surface area contributed by atoms with E-state index in [9.17, 15) is 0 Å². The number of rotatable bonds is 5. The molecule has 3 aliphatic carbocycles. The molecule has 3 nitrogen and oxygen atoms in total. The molecule has 1 unspecified atom stereocenters. The molecule has 1 aliphatic heterocycles. The van der Waals surface area contributed by atoms with Gasteiger partial charge in [-0.3, -0.25) is 4.98 Å². The van der Waals surface area contributed by atoms with Gasteiger partial charge in [0.25, 0.3) is 0 Å². The molecule has 0 amide bonds. The van der Waals surface area contributed by atoms with Gasteiger partial charge in [0.15, 0.2) is 8.32 Å². The van der Waals surface area contributed by atoms with Crippen LogP contribution in [0.2, 0.25) is 18.1 Å². The quantitative estimate of drug-likeness (QED) is 0.342. The van der Waals surface area contributed by atoms with Crippen molar-refractivity contribution >= 4 is 8.32 Å². The fraction of sp³-hybridized carbons (Fsp3) is 0.694. The number of fused-ring (bicyclic) bond motifs is 4. The van der Waals surface area contributed by atoms with Crippen LogP contribution >= 0.6 is 0 Å². The van der Waals surface area contributed by atoms with Crippen LogP contribution in [0.25, 0.3) is 0 Å². The smallest absolute Gasteiger partial charge is 0.192 e. The maximum absolute atomic E-state index is 7.38. The molecule has 0 saturated heterocycles. The molecule has 218 valence electrons. The molecule has 0 bridgehead atoms. The fourth-order valence-corrected chi connectivity index (χ4v) is 8.82. The maximum atomic E-state index is 7.38. The highest BCUT2D eigenvalue weighted by Gasteiger charge is 2.54. The van der Waals surface area contributed by atoms with Gasteiger partial charge >= 0.3 is 0 Å². The van der Waals surface area contributed by atoms with Crippen LogP contribution in [0.1, 0.15) is 158 Å². The lowest BCUT2D eigenvalue weighted by Gasteiger charge is -2.45. The third-order valence-corrected chi connectivity index (χ3v) is 15.7. The molecule has 4 heteroatoms. The number of hydrogen-bond donors (Lipinski definition) is 0. The predicted molar refractivity (Wildman–Crippen MR) is 168 cm³/mol. The van der Waals surface area contributed by atoms with Gasteiger partial charge < -0.3 is 9.16 Å². The highest BCUT2D eigenvalue weighted by atomic mass is 28.4. The van der Waals surface area contributed by atoms with Gasteiger partial charge in [-0.15, -0.1) is 0 Å². The van der Waals surface area contributed by atoms with Crippen molar-refractivity contribution in [3.8, 4) is 0 Å². The lowest BCUT2D eigenvalue weighted by atomic mass is 9.70. The normalized spacial score (nSPS) is 26.3. The van der Waals surface area contributed by atoms with E-state index in [0.29, 0.717) is 11.3 Å². The molecular weight excluding hydrogens is 506 g/mol. The minimum Gasteiger partial charge on any atom is -0.410 e. The zero-order valence-corrected chi connectivity index (χ0v) is 28.0. The monoisotopic (exact) mass is 559 g/mol. The molecular formula is C36H53NO2Si. The summed E-state index contributed by atoms with van der Waals surface area (Å²) in [5, 5.41) is 0.160. The van der Waals surface area contributed by atoms with Crippen molar-refractivity contribution in [2.45, 2.75) is 154 Å².